The molecule has 0 radical (unpaired) electrons. The first kappa shape index (κ1) is 13.5. The standard InChI is InChI=1S/C13H25N/c1-6-7-8-13(4,5)9-10-14-11-12(2)3/h1,12,14H,7-11H2,2-5H3. The van der Waals surface area contributed by atoms with Crippen LogP contribution in [0.3, 0.4) is 0 Å². The van der Waals surface area contributed by atoms with Gasteiger partial charge in [-0.25, -0.2) is 0 Å². The third-order valence-corrected chi connectivity index (χ3v) is 2.48. The minimum absolute atomic E-state index is 0.385. The summed E-state index contributed by atoms with van der Waals surface area (Å²) in [6.45, 7) is 11.3. The second kappa shape index (κ2) is 6.90. The Kier molecular flexibility index (Phi) is 6.66. The second-order valence-corrected chi connectivity index (χ2v) is 5.22. The van der Waals surface area contributed by atoms with Gasteiger partial charge in [-0.1, -0.05) is 27.7 Å². The highest BCUT2D eigenvalue weighted by atomic mass is 14.8. The molecule has 0 rings (SSSR count). The van der Waals surface area contributed by atoms with E-state index >= 15 is 0 Å². The van der Waals surface area contributed by atoms with E-state index in [4.69, 9.17) is 6.42 Å². The van der Waals surface area contributed by atoms with Crippen molar-refractivity contribution in [2.45, 2.75) is 47.0 Å². The summed E-state index contributed by atoms with van der Waals surface area (Å²) in [5.74, 6) is 3.45. The molecule has 0 heterocycles. The first-order valence-electron chi connectivity index (χ1n) is 5.62. The van der Waals surface area contributed by atoms with Crippen molar-refractivity contribution in [2.75, 3.05) is 13.1 Å². The van der Waals surface area contributed by atoms with Crippen molar-refractivity contribution in [1.29, 1.82) is 0 Å². The Morgan fingerprint density at radius 2 is 1.93 bits per heavy atom. The van der Waals surface area contributed by atoms with Gasteiger partial charge in [-0.3, -0.25) is 0 Å². The van der Waals surface area contributed by atoms with Crippen molar-refractivity contribution < 1.29 is 0 Å². The first-order chi connectivity index (χ1) is 6.48. The predicted molar refractivity (Wildman–Crippen MR) is 64.2 cm³/mol. The molecule has 0 aliphatic rings. The van der Waals surface area contributed by atoms with Crippen LogP contribution in [0.25, 0.3) is 0 Å². The van der Waals surface area contributed by atoms with E-state index < -0.39 is 0 Å². The molecule has 0 aromatic carbocycles. The van der Waals surface area contributed by atoms with Crippen LogP contribution < -0.4 is 5.32 Å². The molecule has 0 spiro atoms. The van der Waals surface area contributed by atoms with Gasteiger partial charge in [-0.05, 0) is 37.3 Å². The highest BCUT2D eigenvalue weighted by molar-refractivity contribution is 4.86. The van der Waals surface area contributed by atoms with Crippen LogP contribution in [0.2, 0.25) is 0 Å². The van der Waals surface area contributed by atoms with E-state index in [2.05, 4.69) is 38.9 Å². The summed E-state index contributed by atoms with van der Waals surface area (Å²) in [4.78, 5) is 0. The summed E-state index contributed by atoms with van der Waals surface area (Å²) < 4.78 is 0. The van der Waals surface area contributed by atoms with Crippen LogP contribution in [0.15, 0.2) is 0 Å². The Labute approximate surface area is 89.7 Å². The molecule has 1 heteroatoms. The van der Waals surface area contributed by atoms with Crippen molar-refractivity contribution >= 4 is 0 Å². The maximum atomic E-state index is 5.26. The Hall–Kier alpha value is -0.480. The van der Waals surface area contributed by atoms with Crippen LogP contribution in [0.4, 0.5) is 0 Å². The average molecular weight is 195 g/mol. The lowest BCUT2D eigenvalue weighted by Crippen LogP contribution is -2.25. The molecule has 0 aliphatic heterocycles. The number of nitrogens with one attached hydrogen (secondary N) is 1. The molecule has 14 heavy (non-hydrogen) atoms. The maximum Gasteiger partial charge on any atom is 0.00911 e. The summed E-state index contributed by atoms with van der Waals surface area (Å²) >= 11 is 0. The van der Waals surface area contributed by atoms with Gasteiger partial charge in [0.15, 0.2) is 0 Å². The van der Waals surface area contributed by atoms with E-state index in [-0.39, 0.29) is 0 Å². The normalized spacial score (nSPS) is 11.7. The fourth-order valence-corrected chi connectivity index (χ4v) is 1.35. The smallest absolute Gasteiger partial charge is 0.00911 e. The fraction of sp³-hybridized carbons (Fsp3) is 0.846. The molecular weight excluding hydrogens is 170 g/mol. The van der Waals surface area contributed by atoms with Crippen LogP contribution >= 0.6 is 0 Å². The van der Waals surface area contributed by atoms with Crippen molar-refractivity contribution in [3.63, 3.8) is 0 Å². The molecule has 0 saturated carbocycles. The lowest BCUT2D eigenvalue weighted by Gasteiger charge is -2.23. The second-order valence-electron chi connectivity index (χ2n) is 5.22. The van der Waals surface area contributed by atoms with Gasteiger partial charge in [0.25, 0.3) is 0 Å². The van der Waals surface area contributed by atoms with Gasteiger partial charge in [-0.2, -0.15) is 0 Å². The summed E-state index contributed by atoms with van der Waals surface area (Å²) in [6, 6.07) is 0. The molecule has 0 bridgehead atoms. The zero-order chi connectivity index (χ0) is 11.0. The van der Waals surface area contributed by atoms with Crippen molar-refractivity contribution in [1.82, 2.24) is 5.32 Å². The highest BCUT2D eigenvalue weighted by Gasteiger charge is 2.15. The maximum absolute atomic E-state index is 5.26. The number of hydrogen-bond donors (Lipinski definition) is 1. The predicted octanol–water partition coefficient (Wildman–Crippen LogP) is 3.06. The van der Waals surface area contributed by atoms with E-state index in [1.807, 2.05) is 0 Å². The molecular formula is C13H25N. The average Bonchev–Trinajstić information content (AvgIpc) is 2.09. The summed E-state index contributed by atoms with van der Waals surface area (Å²) in [5, 5.41) is 3.47. The van der Waals surface area contributed by atoms with Gasteiger partial charge >= 0.3 is 0 Å². The monoisotopic (exact) mass is 195 g/mol. The first-order valence-corrected chi connectivity index (χ1v) is 5.62. The molecule has 0 unspecified atom stereocenters. The minimum atomic E-state index is 0.385. The largest absolute Gasteiger partial charge is 0.316 e. The van der Waals surface area contributed by atoms with E-state index in [1.165, 1.54) is 6.42 Å². The van der Waals surface area contributed by atoms with Gasteiger partial charge in [-0.15, -0.1) is 12.3 Å². The molecule has 1 nitrogen and oxygen atoms in total. The van der Waals surface area contributed by atoms with Crippen LogP contribution in [0.5, 0.6) is 0 Å². The van der Waals surface area contributed by atoms with Gasteiger partial charge in [0.2, 0.25) is 0 Å². The quantitative estimate of drug-likeness (QED) is 0.486. The number of hydrogen-bond acceptors (Lipinski definition) is 1. The lowest BCUT2D eigenvalue weighted by molar-refractivity contribution is 0.304. The molecule has 0 atom stereocenters. The molecule has 0 aliphatic carbocycles. The lowest BCUT2D eigenvalue weighted by atomic mass is 9.84. The molecule has 0 saturated heterocycles. The third kappa shape index (κ3) is 8.13. The molecule has 0 amide bonds. The van der Waals surface area contributed by atoms with E-state index in [0.29, 0.717) is 5.41 Å². The molecule has 0 fully saturated rings. The topological polar surface area (TPSA) is 12.0 Å². The molecule has 1 N–H and O–H groups in total. The van der Waals surface area contributed by atoms with Crippen LogP contribution in [-0.2, 0) is 0 Å². The third-order valence-electron chi connectivity index (χ3n) is 2.48. The Balaban J connectivity index is 3.51. The van der Waals surface area contributed by atoms with Gasteiger partial charge < -0.3 is 5.32 Å². The van der Waals surface area contributed by atoms with Crippen molar-refractivity contribution in [3.8, 4) is 12.3 Å². The molecule has 82 valence electrons. The Morgan fingerprint density at radius 3 is 2.43 bits per heavy atom. The van der Waals surface area contributed by atoms with E-state index in [9.17, 15) is 0 Å². The summed E-state index contributed by atoms with van der Waals surface area (Å²) in [7, 11) is 0. The number of terminal acetylenes is 1. The van der Waals surface area contributed by atoms with Crippen LogP contribution in [0.1, 0.15) is 47.0 Å². The Bertz CT molecular complexity index is 174. The van der Waals surface area contributed by atoms with Gasteiger partial charge in [0.05, 0.1) is 0 Å². The van der Waals surface area contributed by atoms with Crippen LogP contribution in [0, 0.1) is 23.7 Å². The van der Waals surface area contributed by atoms with Crippen molar-refractivity contribution in [3.05, 3.63) is 0 Å². The van der Waals surface area contributed by atoms with E-state index in [1.54, 1.807) is 0 Å². The van der Waals surface area contributed by atoms with Gasteiger partial charge in [0, 0.05) is 6.42 Å². The Morgan fingerprint density at radius 1 is 1.29 bits per heavy atom. The molecule has 0 aromatic heterocycles. The van der Waals surface area contributed by atoms with Crippen LogP contribution in [-0.4, -0.2) is 13.1 Å². The summed E-state index contributed by atoms with van der Waals surface area (Å²) in [6.07, 6.45) is 8.51. The zero-order valence-electron chi connectivity index (χ0n) is 10.2. The minimum Gasteiger partial charge on any atom is -0.316 e. The molecule has 0 aromatic rings. The highest BCUT2D eigenvalue weighted by Crippen LogP contribution is 2.25. The zero-order valence-corrected chi connectivity index (χ0v) is 10.2. The fourth-order valence-electron chi connectivity index (χ4n) is 1.35. The summed E-state index contributed by atoms with van der Waals surface area (Å²) in [5.41, 5.74) is 0.385. The number of rotatable bonds is 7. The van der Waals surface area contributed by atoms with Crippen molar-refractivity contribution in [2.24, 2.45) is 11.3 Å². The SMILES string of the molecule is C#CCCC(C)(C)CCNCC(C)C. The van der Waals surface area contributed by atoms with E-state index in [0.717, 1.165) is 31.8 Å². The van der Waals surface area contributed by atoms with Gasteiger partial charge in [0.1, 0.15) is 0 Å².